The minimum absolute atomic E-state index is 0.175. The van der Waals surface area contributed by atoms with Crippen molar-refractivity contribution in [3.05, 3.63) is 32.0 Å². The van der Waals surface area contributed by atoms with Crippen LogP contribution in [0.3, 0.4) is 0 Å². The van der Waals surface area contributed by atoms with Crippen LogP contribution in [0, 0.1) is 0 Å². The van der Waals surface area contributed by atoms with E-state index in [1.165, 1.54) is 34.6 Å². The van der Waals surface area contributed by atoms with Crippen molar-refractivity contribution in [2.75, 3.05) is 31.3 Å². The third-order valence-electron chi connectivity index (χ3n) is 5.56. The summed E-state index contributed by atoms with van der Waals surface area (Å²) in [5, 5.41) is 4.70. The molecule has 0 aromatic carbocycles. The Bertz CT molecular complexity index is 933. The molecule has 0 atom stereocenters. The molecule has 31 heavy (non-hydrogen) atoms. The number of thiophene rings is 2. The maximum Gasteiger partial charge on any atom is 0.341 e. The number of anilines is 2. The van der Waals surface area contributed by atoms with Gasteiger partial charge in [-0.15, -0.1) is 22.7 Å². The molecule has 2 heterocycles. The largest absolute Gasteiger partial charge is 0.462 e. The van der Waals surface area contributed by atoms with Gasteiger partial charge in [-0.1, -0.05) is 0 Å². The minimum atomic E-state index is -0.255. The molecule has 2 aromatic heterocycles. The second-order valence-electron chi connectivity index (χ2n) is 7.56. The van der Waals surface area contributed by atoms with Crippen molar-refractivity contribution in [1.29, 1.82) is 0 Å². The molecule has 2 aliphatic carbocycles. The number of carbonyl (C=O) groups is 2. The predicted octanol–water partition coefficient (Wildman–Crippen LogP) is 5.23. The Balaban J connectivity index is 0.000000176. The van der Waals surface area contributed by atoms with E-state index >= 15 is 0 Å². The molecule has 0 aliphatic heterocycles. The fourth-order valence-corrected chi connectivity index (χ4v) is 6.55. The molecule has 0 saturated heterocycles. The normalized spacial score (nSPS) is 14.5. The first-order chi connectivity index (χ1) is 15.0. The number of hydrogen-bond acceptors (Lipinski definition) is 8. The minimum Gasteiger partial charge on any atom is -0.462 e. The van der Waals surface area contributed by atoms with Gasteiger partial charge < -0.3 is 20.5 Å². The number of hydrogen-bond donors (Lipinski definition) is 2. The average Bonchev–Trinajstić information content (AvgIpc) is 3.31. The Labute approximate surface area is 192 Å². The lowest BCUT2D eigenvalue weighted by molar-refractivity contribution is 0.0517. The molecule has 2 aromatic rings. The lowest BCUT2D eigenvalue weighted by Crippen LogP contribution is -2.10. The van der Waals surface area contributed by atoms with Crippen molar-refractivity contribution in [3.63, 3.8) is 0 Å². The average molecular weight is 465 g/mol. The third-order valence-corrected chi connectivity index (χ3v) is 7.99. The molecule has 0 unspecified atom stereocenters. The van der Waals surface area contributed by atoms with E-state index in [2.05, 4.69) is 5.32 Å². The summed E-state index contributed by atoms with van der Waals surface area (Å²) in [5.41, 5.74) is 9.65. The number of fused-ring (bicyclic) bond motifs is 2. The monoisotopic (exact) mass is 464 g/mol. The van der Waals surface area contributed by atoms with Crippen LogP contribution in [-0.2, 0) is 35.2 Å². The molecule has 0 bridgehead atoms. The fourth-order valence-electron chi connectivity index (χ4n) is 4.18. The maximum atomic E-state index is 11.9. The van der Waals surface area contributed by atoms with E-state index in [0.717, 1.165) is 48.2 Å². The molecule has 0 spiro atoms. The second kappa shape index (κ2) is 11.0. The van der Waals surface area contributed by atoms with Crippen LogP contribution in [0.25, 0.3) is 0 Å². The highest BCUT2D eigenvalue weighted by Crippen LogP contribution is 2.38. The molecular formula is C23H32N2O4S2. The summed E-state index contributed by atoms with van der Waals surface area (Å²) in [7, 11) is 1.86. The molecular weight excluding hydrogens is 432 g/mol. The van der Waals surface area contributed by atoms with Gasteiger partial charge in [0, 0.05) is 16.8 Å². The van der Waals surface area contributed by atoms with E-state index in [4.69, 9.17) is 15.2 Å². The zero-order valence-corrected chi connectivity index (χ0v) is 20.2. The van der Waals surface area contributed by atoms with Crippen LogP contribution in [0.4, 0.5) is 10.0 Å². The van der Waals surface area contributed by atoms with E-state index in [1.807, 2.05) is 20.9 Å². The Hall–Kier alpha value is -2.06. The van der Waals surface area contributed by atoms with Crippen molar-refractivity contribution < 1.29 is 19.1 Å². The summed E-state index contributed by atoms with van der Waals surface area (Å²) in [5.74, 6) is -0.430. The summed E-state index contributed by atoms with van der Waals surface area (Å²) in [4.78, 5) is 26.2. The molecule has 0 fully saturated rings. The van der Waals surface area contributed by atoms with Crippen LogP contribution < -0.4 is 11.1 Å². The first-order valence-corrected chi connectivity index (χ1v) is 12.7. The summed E-state index contributed by atoms with van der Waals surface area (Å²) in [6.45, 7) is 4.50. The first-order valence-electron chi connectivity index (χ1n) is 11.1. The Morgan fingerprint density at radius 1 is 0.839 bits per heavy atom. The third kappa shape index (κ3) is 5.23. The zero-order valence-electron chi connectivity index (χ0n) is 18.6. The number of ether oxygens (including phenoxy) is 2. The van der Waals surface area contributed by atoms with Gasteiger partial charge in [0.2, 0.25) is 0 Å². The number of esters is 2. The topological polar surface area (TPSA) is 90.7 Å². The van der Waals surface area contributed by atoms with Crippen LogP contribution in [0.15, 0.2) is 0 Å². The van der Waals surface area contributed by atoms with E-state index in [1.54, 1.807) is 22.7 Å². The highest BCUT2D eigenvalue weighted by molar-refractivity contribution is 7.17. The standard InChI is InChI=1S/C12H17NO2S.C11H15NO2S/c1-3-15-12(14)10-8-6-4-5-7-9(8)16-11(10)13-2;1-2-14-11(13)9-7-5-3-4-6-8(7)15-10(9)12/h13H,3-7H2,1-2H3;2-6,12H2,1H3. The maximum absolute atomic E-state index is 11.9. The van der Waals surface area contributed by atoms with Gasteiger partial charge in [-0.25, -0.2) is 9.59 Å². The van der Waals surface area contributed by atoms with Crippen molar-refractivity contribution in [2.45, 2.75) is 65.2 Å². The Morgan fingerprint density at radius 3 is 1.87 bits per heavy atom. The van der Waals surface area contributed by atoms with Crippen molar-refractivity contribution in [3.8, 4) is 0 Å². The van der Waals surface area contributed by atoms with Crippen LogP contribution in [-0.4, -0.2) is 32.2 Å². The molecule has 4 rings (SSSR count). The highest BCUT2D eigenvalue weighted by Gasteiger charge is 2.26. The molecule has 170 valence electrons. The van der Waals surface area contributed by atoms with Crippen LogP contribution in [0.2, 0.25) is 0 Å². The van der Waals surface area contributed by atoms with Gasteiger partial charge in [-0.2, -0.15) is 0 Å². The predicted molar refractivity (Wildman–Crippen MR) is 128 cm³/mol. The van der Waals surface area contributed by atoms with Crippen molar-refractivity contribution in [1.82, 2.24) is 0 Å². The molecule has 8 heteroatoms. The quantitative estimate of drug-likeness (QED) is 0.589. The van der Waals surface area contributed by atoms with Gasteiger partial charge in [0.05, 0.1) is 24.3 Å². The summed E-state index contributed by atoms with van der Waals surface area (Å²) >= 11 is 3.25. The summed E-state index contributed by atoms with van der Waals surface area (Å²) in [6, 6.07) is 0. The first kappa shape index (κ1) is 23.6. The smallest absolute Gasteiger partial charge is 0.341 e. The van der Waals surface area contributed by atoms with E-state index in [0.29, 0.717) is 23.8 Å². The van der Waals surface area contributed by atoms with Gasteiger partial charge in [-0.3, -0.25) is 0 Å². The number of nitrogen functional groups attached to an aromatic ring is 1. The number of nitrogens with one attached hydrogen (secondary N) is 1. The highest BCUT2D eigenvalue weighted by atomic mass is 32.1. The number of aryl methyl sites for hydroxylation is 2. The van der Waals surface area contributed by atoms with Crippen LogP contribution >= 0.6 is 22.7 Å². The summed E-state index contributed by atoms with van der Waals surface area (Å²) < 4.78 is 10.1. The van der Waals surface area contributed by atoms with Crippen molar-refractivity contribution >= 4 is 44.6 Å². The lowest BCUT2D eigenvalue weighted by Gasteiger charge is -2.12. The van der Waals surface area contributed by atoms with Gasteiger partial charge in [0.1, 0.15) is 10.0 Å². The van der Waals surface area contributed by atoms with Gasteiger partial charge >= 0.3 is 11.9 Å². The lowest BCUT2D eigenvalue weighted by atomic mass is 9.95. The Kier molecular flexibility index (Phi) is 8.37. The van der Waals surface area contributed by atoms with E-state index < -0.39 is 0 Å². The van der Waals surface area contributed by atoms with Gasteiger partial charge in [0.15, 0.2) is 0 Å². The molecule has 2 aliphatic rings. The molecule has 0 saturated carbocycles. The van der Waals surface area contributed by atoms with Crippen LogP contribution in [0.1, 0.15) is 81.1 Å². The molecule has 0 amide bonds. The number of carbonyl (C=O) groups excluding carboxylic acids is 2. The molecule has 3 N–H and O–H groups in total. The molecule has 6 nitrogen and oxygen atoms in total. The van der Waals surface area contributed by atoms with E-state index in [9.17, 15) is 9.59 Å². The summed E-state index contributed by atoms with van der Waals surface area (Å²) in [6.07, 6.45) is 8.92. The Morgan fingerprint density at radius 2 is 1.32 bits per heavy atom. The van der Waals surface area contributed by atoms with Gasteiger partial charge in [-0.05, 0) is 76.3 Å². The number of rotatable bonds is 5. The SMILES string of the molecule is CCOC(=O)c1c(N)sc2c1CCCC2.CCOC(=O)c1c(NC)sc2c1CCCC2. The van der Waals surface area contributed by atoms with Crippen LogP contribution in [0.5, 0.6) is 0 Å². The van der Waals surface area contributed by atoms with E-state index in [-0.39, 0.29) is 11.9 Å². The zero-order chi connectivity index (χ0) is 22.4. The molecule has 0 radical (unpaired) electrons. The fraction of sp³-hybridized carbons (Fsp3) is 0.565. The van der Waals surface area contributed by atoms with Gasteiger partial charge in [0.25, 0.3) is 0 Å². The van der Waals surface area contributed by atoms with Crippen molar-refractivity contribution in [2.24, 2.45) is 0 Å². The second-order valence-corrected chi connectivity index (χ2v) is 9.80. The number of nitrogens with two attached hydrogens (primary N) is 1.